The van der Waals surface area contributed by atoms with Crippen molar-refractivity contribution in [3.8, 4) is 0 Å². The topological polar surface area (TPSA) is 95.7 Å². The molecular formula is C11H20N4O3. The second kappa shape index (κ2) is 7.07. The van der Waals surface area contributed by atoms with E-state index in [2.05, 4.69) is 5.32 Å². The zero-order chi connectivity index (χ0) is 13.5. The van der Waals surface area contributed by atoms with Crippen LogP contribution in [-0.2, 0) is 14.4 Å². The van der Waals surface area contributed by atoms with Gasteiger partial charge >= 0.3 is 0 Å². The number of imide groups is 1. The summed E-state index contributed by atoms with van der Waals surface area (Å²) in [5.74, 6) is -0.618. The summed E-state index contributed by atoms with van der Waals surface area (Å²) in [5.41, 5.74) is 5.37. The molecule has 0 bridgehead atoms. The van der Waals surface area contributed by atoms with Crippen molar-refractivity contribution in [2.45, 2.75) is 12.8 Å². The van der Waals surface area contributed by atoms with Crippen LogP contribution in [-0.4, -0.2) is 67.3 Å². The minimum atomic E-state index is -0.310. The van der Waals surface area contributed by atoms with Gasteiger partial charge in [0.15, 0.2) is 0 Å². The zero-order valence-corrected chi connectivity index (χ0v) is 10.6. The fourth-order valence-corrected chi connectivity index (χ4v) is 1.75. The first kappa shape index (κ1) is 14.6. The maximum absolute atomic E-state index is 11.7. The van der Waals surface area contributed by atoms with Crippen LogP contribution < -0.4 is 11.1 Å². The van der Waals surface area contributed by atoms with Gasteiger partial charge in [0.05, 0.1) is 13.1 Å². The van der Waals surface area contributed by atoms with Crippen LogP contribution in [0.15, 0.2) is 0 Å². The summed E-state index contributed by atoms with van der Waals surface area (Å²) >= 11 is 0. The average Bonchev–Trinajstić information content (AvgIpc) is 2.31. The molecule has 1 aliphatic heterocycles. The quantitative estimate of drug-likeness (QED) is 0.543. The van der Waals surface area contributed by atoms with Gasteiger partial charge in [0.1, 0.15) is 0 Å². The van der Waals surface area contributed by atoms with Crippen molar-refractivity contribution in [1.29, 1.82) is 0 Å². The van der Waals surface area contributed by atoms with Gasteiger partial charge in [-0.2, -0.15) is 0 Å². The van der Waals surface area contributed by atoms with Gasteiger partial charge in [0.2, 0.25) is 17.7 Å². The zero-order valence-electron chi connectivity index (χ0n) is 10.6. The molecule has 7 nitrogen and oxygen atoms in total. The van der Waals surface area contributed by atoms with E-state index in [1.54, 1.807) is 16.8 Å². The van der Waals surface area contributed by atoms with Crippen LogP contribution in [0.3, 0.4) is 0 Å². The molecule has 1 rings (SSSR count). The van der Waals surface area contributed by atoms with Crippen molar-refractivity contribution in [3.05, 3.63) is 0 Å². The monoisotopic (exact) mass is 256 g/mol. The number of carbonyl (C=O) groups excluding carboxylic acids is 3. The van der Waals surface area contributed by atoms with E-state index in [0.29, 0.717) is 26.1 Å². The van der Waals surface area contributed by atoms with Crippen LogP contribution in [0.5, 0.6) is 0 Å². The first-order valence-corrected chi connectivity index (χ1v) is 6.02. The highest BCUT2D eigenvalue weighted by Crippen LogP contribution is 1.99. The molecule has 18 heavy (non-hydrogen) atoms. The molecular weight excluding hydrogens is 236 g/mol. The van der Waals surface area contributed by atoms with Gasteiger partial charge in [-0.05, 0) is 13.0 Å². The standard InChI is InChI=1S/C11H20N4O3/c1-14(5-2-4-12)11(18)3-6-15-7-9(16)13-10(17)8-15/h2-8,12H2,1H3,(H,13,16,17). The predicted octanol–water partition coefficient (Wildman–Crippen LogP) is -1.86. The van der Waals surface area contributed by atoms with E-state index in [-0.39, 0.29) is 30.8 Å². The molecule has 0 aromatic carbocycles. The Balaban J connectivity index is 2.29. The summed E-state index contributed by atoms with van der Waals surface area (Å²) in [5, 5.41) is 2.22. The van der Waals surface area contributed by atoms with Crippen LogP contribution in [0.4, 0.5) is 0 Å². The number of hydrogen-bond acceptors (Lipinski definition) is 5. The average molecular weight is 256 g/mol. The molecule has 0 aromatic rings. The minimum Gasteiger partial charge on any atom is -0.346 e. The molecule has 1 heterocycles. The van der Waals surface area contributed by atoms with Crippen LogP contribution in [0.25, 0.3) is 0 Å². The molecule has 3 amide bonds. The fourth-order valence-electron chi connectivity index (χ4n) is 1.75. The lowest BCUT2D eigenvalue weighted by molar-refractivity contribution is -0.137. The largest absolute Gasteiger partial charge is 0.346 e. The number of rotatable bonds is 6. The second-order valence-corrected chi connectivity index (χ2v) is 4.39. The van der Waals surface area contributed by atoms with E-state index in [4.69, 9.17) is 5.73 Å². The molecule has 0 spiro atoms. The Morgan fingerprint density at radius 2 is 2.00 bits per heavy atom. The minimum absolute atomic E-state index is 0.00174. The van der Waals surface area contributed by atoms with Crippen molar-refractivity contribution in [1.82, 2.24) is 15.1 Å². The Morgan fingerprint density at radius 3 is 2.56 bits per heavy atom. The first-order valence-electron chi connectivity index (χ1n) is 6.02. The predicted molar refractivity (Wildman–Crippen MR) is 65.5 cm³/mol. The number of hydrogen-bond donors (Lipinski definition) is 2. The first-order chi connectivity index (χ1) is 8.52. The van der Waals surface area contributed by atoms with Gasteiger partial charge in [-0.1, -0.05) is 0 Å². The van der Waals surface area contributed by atoms with Crippen molar-refractivity contribution >= 4 is 17.7 Å². The SMILES string of the molecule is CN(CCCN)C(=O)CCN1CC(=O)NC(=O)C1. The van der Waals surface area contributed by atoms with E-state index in [0.717, 1.165) is 6.42 Å². The summed E-state index contributed by atoms with van der Waals surface area (Å²) < 4.78 is 0. The summed E-state index contributed by atoms with van der Waals surface area (Å²) in [7, 11) is 1.73. The number of piperazine rings is 1. The van der Waals surface area contributed by atoms with Gasteiger partial charge in [0.25, 0.3) is 0 Å². The van der Waals surface area contributed by atoms with Crippen LogP contribution in [0, 0.1) is 0 Å². The van der Waals surface area contributed by atoms with Crippen molar-refractivity contribution in [2.24, 2.45) is 5.73 Å². The molecule has 0 atom stereocenters. The molecule has 0 aromatic heterocycles. The normalized spacial score (nSPS) is 16.6. The van der Waals surface area contributed by atoms with Gasteiger partial charge in [-0.15, -0.1) is 0 Å². The number of nitrogens with one attached hydrogen (secondary N) is 1. The van der Waals surface area contributed by atoms with E-state index >= 15 is 0 Å². The van der Waals surface area contributed by atoms with Crippen LogP contribution >= 0.6 is 0 Å². The number of nitrogens with two attached hydrogens (primary N) is 1. The Hall–Kier alpha value is -1.47. The van der Waals surface area contributed by atoms with Gasteiger partial charge in [-0.3, -0.25) is 24.6 Å². The molecule has 3 N–H and O–H groups in total. The smallest absolute Gasteiger partial charge is 0.240 e. The number of nitrogens with zero attached hydrogens (tertiary/aromatic N) is 2. The number of amides is 3. The summed E-state index contributed by atoms with van der Waals surface area (Å²) in [6, 6.07) is 0. The summed E-state index contributed by atoms with van der Waals surface area (Å²) in [6.45, 7) is 1.95. The van der Waals surface area contributed by atoms with E-state index < -0.39 is 0 Å². The molecule has 7 heteroatoms. The highest BCUT2D eigenvalue weighted by molar-refractivity contribution is 5.99. The highest BCUT2D eigenvalue weighted by Gasteiger charge is 2.22. The Morgan fingerprint density at radius 1 is 1.39 bits per heavy atom. The van der Waals surface area contributed by atoms with Gasteiger partial charge in [0, 0.05) is 26.6 Å². The van der Waals surface area contributed by atoms with Gasteiger partial charge in [-0.25, -0.2) is 0 Å². The Bertz CT molecular complexity index is 316. The molecule has 1 aliphatic rings. The van der Waals surface area contributed by atoms with Gasteiger partial charge < -0.3 is 10.6 Å². The van der Waals surface area contributed by atoms with E-state index in [1.807, 2.05) is 0 Å². The molecule has 0 aliphatic carbocycles. The fraction of sp³-hybridized carbons (Fsp3) is 0.727. The molecule has 102 valence electrons. The lowest BCUT2D eigenvalue weighted by Crippen LogP contribution is -2.52. The number of carbonyl (C=O) groups is 3. The lowest BCUT2D eigenvalue weighted by atomic mass is 10.3. The van der Waals surface area contributed by atoms with Crippen molar-refractivity contribution in [2.75, 3.05) is 39.8 Å². The molecule has 0 saturated carbocycles. The highest BCUT2D eigenvalue weighted by atomic mass is 16.2. The van der Waals surface area contributed by atoms with Crippen LogP contribution in [0.1, 0.15) is 12.8 Å². The van der Waals surface area contributed by atoms with E-state index in [1.165, 1.54) is 0 Å². The van der Waals surface area contributed by atoms with Crippen molar-refractivity contribution in [3.63, 3.8) is 0 Å². The van der Waals surface area contributed by atoms with Crippen LogP contribution in [0.2, 0.25) is 0 Å². The molecule has 1 fully saturated rings. The maximum atomic E-state index is 11.7. The Labute approximate surface area is 106 Å². The Kier molecular flexibility index (Phi) is 5.73. The van der Waals surface area contributed by atoms with Crippen molar-refractivity contribution < 1.29 is 14.4 Å². The second-order valence-electron chi connectivity index (χ2n) is 4.39. The molecule has 0 unspecified atom stereocenters. The summed E-state index contributed by atoms with van der Waals surface area (Å²) in [4.78, 5) is 37.3. The third-order valence-electron chi connectivity index (χ3n) is 2.78. The summed E-state index contributed by atoms with van der Waals surface area (Å²) in [6.07, 6.45) is 1.08. The maximum Gasteiger partial charge on any atom is 0.240 e. The lowest BCUT2D eigenvalue weighted by Gasteiger charge is -2.25. The third kappa shape index (κ3) is 4.80. The third-order valence-corrected chi connectivity index (χ3v) is 2.78. The molecule has 0 radical (unpaired) electrons. The molecule has 1 saturated heterocycles. The van der Waals surface area contributed by atoms with E-state index in [9.17, 15) is 14.4 Å².